The molecule has 3 aromatic rings. The van der Waals surface area contributed by atoms with Crippen molar-refractivity contribution in [1.29, 1.82) is 0 Å². The fourth-order valence-electron chi connectivity index (χ4n) is 3.27. The summed E-state index contributed by atoms with van der Waals surface area (Å²) in [6.45, 7) is 1.75. The maximum Gasteiger partial charge on any atom is 0.261 e. The Morgan fingerprint density at radius 3 is 2.81 bits per heavy atom. The van der Waals surface area contributed by atoms with Gasteiger partial charge in [-0.05, 0) is 42.8 Å². The standard InChI is InChI=1S/C21H16F3N3O3S/c1-11-7-14-15(10-26-21(14)25-9-11)20(28)18-16(23)5-6-17(19(18)24)27-31(29,30)13-4-2-3-12(22)8-13/h2,4-10,12,27H,3H2,1H3,(H,25,26). The highest BCUT2D eigenvalue weighted by Crippen LogP contribution is 2.29. The second-order valence-electron chi connectivity index (χ2n) is 7.05. The van der Waals surface area contributed by atoms with Crippen molar-refractivity contribution in [3.05, 3.63) is 82.1 Å². The number of fused-ring (bicyclic) bond motifs is 1. The highest BCUT2D eigenvalue weighted by atomic mass is 32.2. The van der Waals surface area contributed by atoms with Crippen LogP contribution in [0, 0.1) is 18.6 Å². The first kappa shape index (κ1) is 20.9. The van der Waals surface area contributed by atoms with Crippen molar-refractivity contribution >= 4 is 32.5 Å². The van der Waals surface area contributed by atoms with Crippen LogP contribution in [0.4, 0.5) is 18.9 Å². The van der Waals surface area contributed by atoms with Crippen LogP contribution < -0.4 is 4.72 Å². The molecule has 1 unspecified atom stereocenters. The Kier molecular flexibility index (Phi) is 5.18. The van der Waals surface area contributed by atoms with Crippen LogP contribution in [0.2, 0.25) is 0 Å². The number of rotatable bonds is 5. The van der Waals surface area contributed by atoms with Gasteiger partial charge in [-0.25, -0.2) is 26.6 Å². The third kappa shape index (κ3) is 3.86. The molecule has 0 spiro atoms. The summed E-state index contributed by atoms with van der Waals surface area (Å²) in [5, 5.41) is 0.376. The lowest BCUT2D eigenvalue weighted by Gasteiger charge is -2.14. The largest absolute Gasteiger partial charge is 0.345 e. The molecule has 0 aliphatic heterocycles. The third-order valence-electron chi connectivity index (χ3n) is 4.77. The van der Waals surface area contributed by atoms with Gasteiger partial charge in [0.15, 0.2) is 5.82 Å². The number of allylic oxidation sites excluding steroid dienone is 3. The highest BCUT2D eigenvalue weighted by Gasteiger charge is 2.27. The second kappa shape index (κ2) is 7.69. The number of pyridine rings is 1. The van der Waals surface area contributed by atoms with E-state index in [-0.39, 0.29) is 16.9 Å². The lowest BCUT2D eigenvalue weighted by molar-refractivity contribution is 0.103. The number of nitrogens with one attached hydrogen (secondary N) is 2. The second-order valence-corrected chi connectivity index (χ2v) is 8.74. The predicted octanol–water partition coefficient (Wildman–Crippen LogP) is 4.30. The van der Waals surface area contributed by atoms with Crippen molar-refractivity contribution in [2.45, 2.75) is 19.5 Å². The van der Waals surface area contributed by atoms with Crippen LogP contribution in [0.25, 0.3) is 11.0 Å². The summed E-state index contributed by atoms with van der Waals surface area (Å²) in [4.78, 5) is 19.5. The molecule has 10 heteroatoms. The van der Waals surface area contributed by atoms with Crippen molar-refractivity contribution in [3.63, 3.8) is 0 Å². The monoisotopic (exact) mass is 447 g/mol. The smallest absolute Gasteiger partial charge is 0.261 e. The molecule has 1 aromatic carbocycles. The quantitative estimate of drug-likeness (QED) is 0.571. The molecule has 0 fully saturated rings. The minimum Gasteiger partial charge on any atom is -0.345 e. The first-order valence-electron chi connectivity index (χ1n) is 9.19. The number of hydrogen-bond donors (Lipinski definition) is 2. The molecule has 0 radical (unpaired) electrons. The van der Waals surface area contributed by atoms with Crippen molar-refractivity contribution in [3.8, 4) is 0 Å². The summed E-state index contributed by atoms with van der Waals surface area (Å²) in [5.74, 6) is -3.50. The van der Waals surface area contributed by atoms with E-state index < -0.39 is 44.9 Å². The van der Waals surface area contributed by atoms with Gasteiger partial charge in [0.05, 0.1) is 16.2 Å². The fraction of sp³-hybridized carbons (Fsp3) is 0.143. The van der Waals surface area contributed by atoms with Crippen LogP contribution in [0.1, 0.15) is 27.9 Å². The molecule has 2 heterocycles. The predicted molar refractivity (Wildman–Crippen MR) is 110 cm³/mol. The summed E-state index contributed by atoms with van der Waals surface area (Å²) in [6, 6.07) is 3.29. The number of anilines is 1. The van der Waals surface area contributed by atoms with Gasteiger partial charge in [0.25, 0.3) is 10.0 Å². The van der Waals surface area contributed by atoms with E-state index >= 15 is 4.39 Å². The molecular weight excluding hydrogens is 431 g/mol. The third-order valence-corrected chi connectivity index (χ3v) is 6.16. The summed E-state index contributed by atoms with van der Waals surface area (Å²) in [6.07, 6.45) is 4.80. The van der Waals surface area contributed by atoms with Gasteiger partial charge in [0, 0.05) is 29.8 Å². The number of carbonyl (C=O) groups is 1. The van der Waals surface area contributed by atoms with Crippen LogP contribution in [-0.4, -0.2) is 30.3 Å². The molecule has 0 amide bonds. The first-order valence-corrected chi connectivity index (χ1v) is 10.7. The summed E-state index contributed by atoms with van der Waals surface area (Å²) in [7, 11) is -4.35. The number of carbonyl (C=O) groups excluding carboxylic acids is 1. The molecule has 1 atom stereocenters. The van der Waals surface area contributed by atoms with Gasteiger partial charge in [0.1, 0.15) is 17.6 Å². The van der Waals surface area contributed by atoms with Gasteiger partial charge in [0.2, 0.25) is 5.78 Å². The Balaban J connectivity index is 1.75. The number of hydrogen-bond acceptors (Lipinski definition) is 4. The van der Waals surface area contributed by atoms with Crippen molar-refractivity contribution in [2.75, 3.05) is 4.72 Å². The number of alkyl halides is 1. The molecule has 1 aliphatic rings. The topological polar surface area (TPSA) is 91.9 Å². The van der Waals surface area contributed by atoms with Gasteiger partial charge >= 0.3 is 0 Å². The molecule has 2 N–H and O–H groups in total. The molecule has 31 heavy (non-hydrogen) atoms. The van der Waals surface area contributed by atoms with Crippen LogP contribution in [0.3, 0.4) is 0 Å². The number of aromatic amines is 1. The molecule has 2 aromatic heterocycles. The van der Waals surface area contributed by atoms with Gasteiger partial charge in [-0.3, -0.25) is 9.52 Å². The van der Waals surface area contributed by atoms with E-state index in [0.29, 0.717) is 11.0 Å². The van der Waals surface area contributed by atoms with Gasteiger partial charge in [-0.15, -0.1) is 0 Å². The van der Waals surface area contributed by atoms with E-state index in [4.69, 9.17) is 0 Å². The number of benzene rings is 1. The van der Waals surface area contributed by atoms with E-state index in [0.717, 1.165) is 23.8 Å². The lowest BCUT2D eigenvalue weighted by atomic mass is 10.0. The van der Waals surface area contributed by atoms with Crippen molar-refractivity contribution in [2.24, 2.45) is 0 Å². The molecule has 6 nitrogen and oxygen atoms in total. The van der Waals surface area contributed by atoms with Crippen LogP contribution in [-0.2, 0) is 10.0 Å². The number of nitrogens with zero attached hydrogens (tertiary/aromatic N) is 1. The number of aromatic nitrogens is 2. The van der Waals surface area contributed by atoms with Crippen LogP contribution >= 0.6 is 0 Å². The first-order chi connectivity index (χ1) is 14.7. The van der Waals surface area contributed by atoms with Gasteiger partial charge in [-0.1, -0.05) is 6.08 Å². The minimum absolute atomic E-state index is 0.0119. The summed E-state index contributed by atoms with van der Waals surface area (Å²) >= 11 is 0. The lowest BCUT2D eigenvalue weighted by Crippen LogP contribution is -2.19. The average Bonchev–Trinajstić information content (AvgIpc) is 3.13. The molecule has 0 saturated carbocycles. The summed E-state index contributed by atoms with van der Waals surface area (Å²) < 4.78 is 70.1. The van der Waals surface area contributed by atoms with Crippen molar-refractivity contribution in [1.82, 2.24) is 9.97 Å². The van der Waals surface area contributed by atoms with Gasteiger partial charge < -0.3 is 4.98 Å². The molecule has 0 bridgehead atoms. The number of halogens is 3. The number of H-pyrrole nitrogens is 1. The van der Waals surface area contributed by atoms with Crippen molar-refractivity contribution < 1.29 is 26.4 Å². The molecular formula is C21H16F3N3O3S. The van der Waals surface area contributed by atoms with Crippen LogP contribution in [0.15, 0.2) is 53.7 Å². The summed E-state index contributed by atoms with van der Waals surface area (Å²) in [5.41, 5.74) is -0.456. The van der Waals surface area contributed by atoms with Crippen LogP contribution in [0.5, 0.6) is 0 Å². The highest BCUT2D eigenvalue weighted by molar-refractivity contribution is 7.96. The average molecular weight is 447 g/mol. The maximum atomic E-state index is 15.1. The zero-order valence-corrected chi connectivity index (χ0v) is 16.9. The van der Waals surface area contributed by atoms with E-state index in [1.54, 1.807) is 19.2 Å². The number of aryl methyl sites for hydroxylation is 1. The Labute approximate surface area is 175 Å². The zero-order chi connectivity index (χ0) is 22.3. The molecule has 1 aliphatic carbocycles. The van der Waals surface area contributed by atoms with E-state index in [9.17, 15) is 22.0 Å². The Morgan fingerprint density at radius 1 is 1.29 bits per heavy atom. The fourth-order valence-corrected chi connectivity index (χ4v) is 4.44. The SMILES string of the molecule is Cc1cnc2[nH]cc(C(=O)c3c(F)ccc(NS(=O)(=O)C4=CC(F)CC=C4)c3F)c2c1. The number of ketones is 1. The normalized spacial score (nSPS) is 16.4. The van der Waals surface area contributed by atoms with E-state index in [1.807, 2.05) is 4.72 Å². The minimum atomic E-state index is -4.35. The zero-order valence-electron chi connectivity index (χ0n) is 16.1. The van der Waals surface area contributed by atoms with E-state index in [1.165, 1.54) is 18.3 Å². The van der Waals surface area contributed by atoms with E-state index in [2.05, 4.69) is 9.97 Å². The van der Waals surface area contributed by atoms with Gasteiger partial charge in [-0.2, -0.15) is 0 Å². The molecule has 0 saturated heterocycles. The molecule has 160 valence electrons. The Morgan fingerprint density at radius 2 is 2.06 bits per heavy atom. The maximum absolute atomic E-state index is 15.1. The Bertz CT molecular complexity index is 1380. The number of sulfonamides is 1. The Hall–Kier alpha value is -3.40. The molecule has 4 rings (SSSR count).